The maximum Gasteiger partial charge on any atom is 0.250 e. The lowest BCUT2D eigenvalue weighted by Gasteiger charge is -2.09. The van der Waals surface area contributed by atoms with Gasteiger partial charge in [-0.3, -0.25) is 14.0 Å². The third-order valence-corrected chi connectivity index (χ3v) is 3.54. The zero-order valence-electron chi connectivity index (χ0n) is 11.1. The molecule has 0 fully saturated rings. The Hall–Kier alpha value is -2.67. The first kappa shape index (κ1) is 13.3. The predicted molar refractivity (Wildman–Crippen MR) is 79.3 cm³/mol. The zero-order valence-corrected chi connectivity index (χ0v) is 11.9. The van der Waals surface area contributed by atoms with E-state index in [4.69, 9.17) is 4.74 Å². The number of para-hydroxylation sites is 2. The summed E-state index contributed by atoms with van der Waals surface area (Å²) < 4.78 is 7.37. The van der Waals surface area contributed by atoms with Gasteiger partial charge >= 0.3 is 0 Å². The van der Waals surface area contributed by atoms with Crippen LogP contribution in [0.3, 0.4) is 0 Å². The Morgan fingerprint density at radius 1 is 1.43 bits per heavy atom. The molecule has 1 N–H and O–H groups in total. The lowest BCUT2D eigenvalue weighted by molar-refractivity contribution is -0.114. The van der Waals surface area contributed by atoms with Crippen LogP contribution < -0.4 is 10.1 Å². The van der Waals surface area contributed by atoms with Gasteiger partial charge in [-0.2, -0.15) is 4.98 Å². The van der Waals surface area contributed by atoms with Crippen molar-refractivity contribution < 1.29 is 14.3 Å². The van der Waals surface area contributed by atoms with Crippen molar-refractivity contribution in [3.8, 4) is 11.6 Å². The van der Waals surface area contributed by atoms with Crippen LogP contribution in [0, 0.1) is 0 Å². The maximum atomic E-state index is 11.2. The summed E-state index contributed by atoms with van der Waals surface area (Å²) in [7, 11) is 0. The second-order valence-electron chi connectivity index (χ2n) is 4.26. The molecule has 1 amide bonds. The Morgan fingerprint density at radius 3 is 3.00 bits per heavy atom. The fourth-order valence-corrected chi connectivity index (χ4v) is 2.63. The number of imidazole rings is 1. The second-order valence-corrected chi connectivity index (χ2v) is 5.13. The van der Waals surface area contributed by atoms with Crippen LogP contribution in [-0.2, 0) is 4.79 Å². The Morgan fingerprint density at radius 2 is 2.24 bits per heavy atom. The minimum atomic E-state index is -0.201. The van der Waals surface area contributed by atoms with Gasteiger partial charge in [0, 0.05) is 18.5 Å². The fraction of sp³-hybridized carbons (Fsp3) is 0.0714. The quantitative estimate of drug-likeness (QED) is 0.752. The molecule has 2 aromatic heterocycles. The monoisotopic (exact) mass is 301 g/mol. The van der Waals surface area contributed by atoms with Crippen LogP contribution >= 0.6 is 11.3 Å². The number of aldehydes is 1. The van der Waals surface area contributed by atoms with E-state index in [-0.39, 0.29) is 11.8 Å². The molecule has 7 heteroatoms. The molecule has 106 valence electrons. The number of ether oxygens (including phenoxy) is 1. The fourth-order valence-electron chi connectivity index (χ4n) is 1.92. The van der Waals surface area contributed by atoms with Crippen LogP contribution in [0.25, 0.3) is 4.96 Å². The number of hydrogen-bond donors (Lipinski definition) is 1. The summed E-state index contributed by atoms with van der Waals surface area (Å²) in [6.45, 7) is 1.42. The first-order valence-electron chi connectivity index (χ1n) is 6.14. The van der Waals surface area contributed by atoms with Gasteiger partial charge in [0.15, 0.2) is 22.7 Å². The van der Waals surface area contributed by atoms with Gasteiger partial charge < -0.3 is 10.1 Å². The van der Waals surface area contributed by atoms with E-state index in [0.717, 1.165) is 0 Å². The SMILES string of the molecule is CC(=O)Nc1ccccc1Oc1nc2sccn2c1C=O. The number of anilines is 1. The van der Waals surface area contributed by atoms with Gasteiger partial charge in [0.05, 0.1) is 5.69 Å². The summed E-state index contributed by atoms with van der Waals surface area (Å²) in [5.41, 5.74) is 0.863. The Bertz CT molecular complexity index is 822. The molecule has 3 aromatic rings. The molecule has 0 atom stereocenters. The summed E-state index contributed by atoms with van der Waals surface area (Å²) in [5.74, 6) is 0.448. The van der Waals surface area contributed by atoms with Crippen molar-refractivity contribution >= 4 is 34.2 Å². The number of hydrogen-bond acceptors (Lipinski definition) is 5. The Kier molecular flexibility index (Phi) is 3.41. The molecule has 0 spiro atoms. The zero-order chi connectivity index (χ0) is 14.8. The minimum Gasteiger partial charge on any atom is -0.435 e. The average molecular weight is 301 g/mol. The van der Waals surface area contributed by atoms with Crippen LogP contribution in [-0.4, -0.2) is 21.6 Å². The van der Waals surface area contributed by atoms with Gasteiger partial charge in [-0.1, -0.05) is 12.1 Å². The Labute approximate surface area is 124 Å². The molecular weight excluding hydrogens is 290 g/mol. The van der Waals surface area contributed by atoms with E-state index in [2.05, 4.69) is 10.3 Å². The van der Waals surface area contributed by atoms with Crippen molar-refractivity contribution in [1.82, 2.24) is 9.38 Å². The number of carbonyl (C=O) groups excluding carboxylic acids is 2. The minimum absolute atomic E-state index is 0.201. The molecular formula is C14H11N3O3S. The van der Waals surface area contributed by atoms with Crippen LogP contribution in [0.4, 0.5) is 5.69 Å². The van der Waals surface area contributed by atoms with Crippen molar-refractivity contribution in [2.24, 2.45) is 0 Å². The van der Waals surface area contributed by atoms with Gasteiger partial charge in [-0.15, -0.1) is 11.3 Å². The summed E-state index contributed by atoms with van der Waals surface area (Å²) in [6.07, 6.45) is 2.45. The van der Waals surface area contributed by atoms with Crippen LogP contribution in [0.1, 0.15) is 17.4 Å². The molecule has 21 heavy (non-hydrogen) atoms. The molecule has 0 unspecified atom stereocenters. The van der Waals surface area contributed by atoms with E-state index >= 15 is 0 Å². The van der Waals surface area contributed by atoms with E-state index in [1.165, 1.54) is 18.3 Å². The predicted octanol–water partition coefficient (Wildman–Crippen LogP) is 2.96. The number of nitrogens with zero attached hydrogens (tertiary/aromatic N) is 2. The number of carbonyl (C=O) groups is 2. The molecule has 3 rings (SSSR count). The number of benzene rings is 1. The normalized spacial score (nSPS) is 10.5. The van der Waals surface area contributed by atoms with Crippen molar-refractivity contribution in [3.05, 3.63) is 41.5 Å². The third kappa shape index (κ3) is 2.50. The summed E-state index contributed by atoms with van der Waals surface area (Å²) in [4.78, 5) is 27.4. The third-order valence-electron chi connectivity index (χ3n) is 2.78. The highest BCUT2D eigenvalue weighted by atomic mass is 32.1. The second kappa shape index (κ2) is 5.37. The van der Waals surface area contributed by atoms with E-state index in [9.17, 15) is 9.59 Å². The summed E-state index contributed by atoms with van der Waals surface area (Å²) in [5, 5.41) is 4.51. The largest absolute Gasteiger partial charge is 0.435 e. The van der Waals surface area contributed by atoms with E-state index in [1.54, 1.807) is 34.9 Å². The number of fused-ring (bicyclic) bond motifs is 1. The van der Waals surface area contributed by atoms with Crippen molar-refractivity contribution in [1.29, 1.82) is 0 Å². The highest BCUT2D eigenvalue weighted by Crippen LogP contribution is 2.31. The number of aromatic nitrogens is 2. The topological polar surface area (TPSA) is 72.7 Å². The van der Waals surface area contributed by atoms with Crippen molar-refractivity contribution in [3.63, 3.8) is 0 Å². The first-order chi connectivity index (χ1) is 10.2. The van der Waals surface area contributed by atoms with Gasteiger partial charge in [0.2, 0.25) is 11.8 Å². The van der Waals surface area contributed by atoms with Crippen LogP contribution in [0.2, 0.25) is 0 Å². The van der Waals surface area contributed by atoms with Gasteiger partial charge in [0.1, 0.15) is 0 Å². The molecule has 1 aromatic carbocycles. The van der Waals surface area contributed by atoms with Crippen LogP contribution in [0.5, 0.6) is 11.6 Å². The smallest absolute Gasteiger partial charge is 0.250 e. The average Bonchev–Trinajstić information content (AvgIpc) is 3.00. The first-order valence-corrected chi connectivity index (χ1v) is 7.02. The van der Waals surface area contributed by atoms with Gasteiger partial charge in [-0.25, -0.2) is 0 Å². The number of rotatable bonds is 4. The lowest BCUT2D eigenvalue weighted by atomic mass is 10.3. The summed E-state index contributed by atoms with van der Waals surface area (Å²) >= 11 is 1.41. The van der Waals surface area contributed by atoms with E-state index in [1.807, 2.05) is 5.38 Å². The van der Waals surface area contributed by atoms with Gasteiger partial charge in [0.25, 0.3) is 0 Å². The molecule has 0 aliphatic heterocycles. The lowest BCUT2D eigenvalue weighted by Crippen LogP contribution is -2.07. The van der Waals surface area contributed by atoms with Gasteiger partial charge in [-0.05, 0) is 12.1 Å². The molecule has 2 heterocycles. The Balaban J connectivity index is 2.00. The van der Waals surface area contributed by atoms with Crippen LogP contribution in [0.15, 0.2) is 35.8 Å². The molecule has 0 radical (unpaired) electrons. The number of thiazole rings is 1. The highest BCUT2D eigenvalue weighted by Gasteiger charge is 2.16. The van der Waals surface area contributed by atoms with E-state index in [0.29, 0.717) is 28.4 Å². The maximum absolute atomic E-state index is 11.2. The number of nitrogens with one attached hydrogen (secondary N) is 1. The number of amides is 1. The molecule has 0 saturated carbocycles. The molecule has 0 aliphatic carbocycles. The molecule has 0 bridgehead atoms. The highest BCUT2D eigenvalue weighted by molar-refractivity contribution is 7.15. The van der Waals surface area contributed by atoms with Crippen molar-refractivity contribution in [2.75, 3.05) is 5.32 Å². The molecule has 0 saturated heterocycles. The standard InChI is InChI=1S/C14H11N3O3S/c1-9(19)15-10-4-2-3-5-12(10)20-13-11(8-18)17-6-7-21-14(17)16-13/h2-8H,1H3,(H,15,19). The summed E-state index contributed by atoms with van der Waals surface area (Å²) in [6, 6.07) is 6.98. The van der Waals surface area contributed by atoms with Crippen molar-refractivity contribution in [2.45, 2.75) is 6.92 Å². The molecule has 0 aliphatic rings. The molecule has 6 nitrogen and oxygen atoms in total. The van der Waals surface area contributed by atoms with E-state index < -0.39 is 0 Å².